The van der Waals surface area contributed by atoms with Crippen LogP contribution in [-0.4, -0.2) is 24.5 Å². The fourth-order valence-electron chi connectivity index (χ4n) is 4.04. The average molecular weight is 497 g/mol. The molecule has 0 saturated carbocycles. The second kappa shape index (κ2) is 11.4. The standard InChI is InChI=1S/C29H25N2O4P/c1-35-29(32)24(22-31(33)34)21-23-13-11-12-20-28(23)30-36(25-14-5-2-6-15-25,26-16-7-3-8-17-26)27-18-9-4-10-19-27/h2-21H,22H2,1H3/b24-21+. The van der Waals surface area contributed by atoms with Gasteiger partial charge in [-0.25, -0.2) is 4.79 Å². The van der Waals surface area contributed by atoms with Crippen LogP contribution in [0.5, 0.6) is 0 Å². The number of rotatable bonds is 8. The number of benzene rings is 4. The molecule has 0 heterocycles. The molecule has 4 rings (SSSR count). The summed E-state index contributed by atoms with van der Waals surface area (Å²) in [6, 6.07) is 37.8. The summed E-state index contributed by atoms with van der Waals surface area (Å²) >= 11 is 0. The molecule has 0 unspecified atom stereocenters. The molecule has 0 N–H and O–H groups in total. The Labute approximate surface area is 210 Å². The minimum atomic E-state index is -2.56. The van der Waals surface area contributed by atoms with E-state index < -0.39 is 24.5 Å². The fraction of sp³-hybridized carbons (Fsp3) is 0.0690. The van der Waals surface area contributed by atoms with Crippen molar-refractivity contribution in [3.63, 3.8) is 0 Å². The van der Waals surface area contributed by atoms with Crippen molar-refractivity contribution in [1.82, 2.24) is 0 Å². The van der Waals surface area contributed by atoms with Gasteiger partial charge in [0.1, 0.15) is 5.57 Å². The van der Waals surface area contributed by atoms with Crippen molar-refractivity contribution in [1.29, 1.82) is 0 Å². The normalized spacial score (nSPS) is 11.5. The van der Waals surface area contributed by atoms with E-state index in [4.69, 9.17) is 9.48 Å². The number of carbonyl (C=O) groups is 1. The van der Waals surface area contributed by atoms with Crippen LogP contribution in [-0.2, 0) is 9.53 Å². The fourth-order valence-corrected chi connectivity index (χ4v) is 7.60. The zero-order valence-corrected chi connectivity index (χ0v) is 20.6. The predicted octanol–water partition coefficient (Wildman–Crippen LogP) is 5.33. The van der Waals surface area contributed by atoms with Crippen LogP contribution in [0, 0.1) is 10.1 Å². The lowest BCUT2D eigenvalue weighted by Gasteiger charge is -2.27. The first-order valence-electron chi connectivity index (χ1n) is 11.3. The molecular weight excluding hydrogens is 471 g/mol. The Balaban J connectivity index is 2.07. The molecule has 4 aromatic carbocycles. The number of methoxy groups -OCH3 is 1. The average Bonchev–Trinajstić information content (AvgIpc) is 2.93. The van der Waals surface area contributed by atoms with Gasteiger partial charge in [-0.3, -0.25) is 14.9 Å². The highest BCUT2D eigenvalue weighted by Gasteiger charge is 2.28. The topological polar surface area (TPSA) is 81.8 Å². The van der Waals surface area contributed by atoms with Gasteiger partial charge in [0, 0.05) is 26.4 Å². The van der Waals surface area contributed by atoms with Crippen LogP contribution in [0.4, 0.5) is 5.69 Å². The Hall–Kier alpha value is -4.28. The van der Waals surface area contributed by atoms with Gasteiger partial charge in [-0.05, 0) is 12.1 Å². The lowest BCUT2D eigenvalue weighted by Crippen LogP contribution is -2.25. The van der Waals surface area contributed by atoms with Crippen molar-refractivity contribution < 1.29 is 14.5 Å². The van der Waals surface area contributed by atoms with Gasteiger partial charge in [0.2, 0.25) is 6.54 Å². The third-order valence-electron chi connectivity index (χ3n) is 5.66. The number of carbonyl (C=O) groups excluding carboxylic acids is 1. The van der Waals surface area contributed by atoms with Crippen LogP contribution >= 0.6 is 7.05 Å². The van der Waals surface area contributed by atoms with E-state index in [0.29, 0.717) is 11.3 Å². The Morgan fingerprint density at radius 3 is 1.69 bits per heavy atom. The largest absolute Gasteiger partial charge is 0.465 e. The number of ether oxygens (including phenoxy) is 1. The first-order chi connectivity index (χ1) is 17.5. The Bertz CT molecular complexity index is 1330. The number of hydrogen-bond donors (Lipinski definition) is 0. The molecule has 6 nitrogen and oxygen atoms in total. The Morgan fingerprint density at radius 2 is 1.25 bits per heavy atom. The molecule has 0 aliphatic rings. The van der Waals surface area contributed by atoms with Gasteiger partial charge in [-0.1, -0.05) is 109 Å². The smallest absolute Gasteiger partial charge is 0.340 e. The van der Waals surface area contributed by atoms with Crippen molar-refractivity contribution in [3.05, 3.63) is 137 Å². The summed E-state index contributed by atoms with van der Waals surface area (Å²) in [5, 5.41) is 14.4. The summed E-state index contributed by atoms with van der Waals surface area (Å²) in [4.78, 5) is 23.0. The molecule has 0 aromatic heterocycles. The first kappa shape index (κ1) is 24.8. The van der Waals surface area contributed by atoms with E-state index in [9.17, 15) is 14.9 Å². The van der Waals surface area contributed by atoms with Crippen LogP contribution in [0.1, 0.15) is 5.56 Å². The molecule has 36 heavy (non-hydrogen) atoms. The first-order valence-corrected chi connectivity index (χ1v) is 13.1. The molecular formula is C29H25N2O4P. The van der Waals surface area contributed by atoms with Gasteiger partial charge >= 0.3 is 5.97 Å². The third-order valence-corrected chi connectivity index (χ3v) is 9.31. The second-order valence-electron chi connectivity index (χ2n) is 7.95. The molecule has 0 bridgehead atoms. The van der Waals surface area contributed by atoms with Gasteiger partial charge in [0.15, 0.2) is 0 Å². The van der Waals surface area contributed by atoms with Gasteiger partial charge in [-0.2, -0.15) is 0 Å². The molecule has 0 fully saturated rings. The zero-order chi connectivity index (χ0) is 25.4. The lowest BCUT2D eigenvalue weighted by atomic mass is 10.1. The lowest BCUT2D eigenvalue weighted by molar-refractivity contribution is -0.470. The zero-order valence-electron chi connectivity index (χ0n) is 19.7. The van der Waals surface area contributed by atoms with Crippen LogP contribution in [0.2, 0.25) is 0 Å². The van der Waals surface area contributed by atoms with Crippen LogP contribution in [0.3, 0.4) is 0 Å². The molecule has 7 heteroatoms. The number of nitrogens with zero attached hydrogens (tertiary/aromatic N) is 2. The van der Waals surface area contributed by atoms with Crippen molar-refractivity contribution in [2.24, 2.45) is 4.74 Å². The molecule has 0 radical (unpaired) electrons. The van der Waals surface area contributed by atoms with E-state index in [1.54, 1.807) is 6.07 Å². The molecule has 0 aliphatic carbocycles. The summed E-state index contributed by atoms with van der Waals surface area (Å²) in [7, 11) is -1.35. The summed E-state index contributed by atoms with van der Waals surface area (Å²) in [6.45, 7) is -0.642. The van der Waals surface area contributed by atoms with Crippen molar-refractivity contribution in [2.75, 3.05) is 13.7 Å². The van der Waals surface area contributed by atoms with E-state index in [1.807, 2.05) is 72.8 Å². The Morgan fingerprint density at radius 1 is 0.806 bits per heavy atom. The second-order valence-corrected chi connectivity index (χ2v) is 11.0. The molecule has 4 aromatic rings. The van der Waals surface area contributed by atoms with Gasteiger partial charge in [-0.15, -0.1) is 0 Å². The molecule has 0 aliphatic heterocycles. The number of hydrogen-bond acceptors (Lipinski definition) is 5. The number of esters is 1. The van der Waals surface area contributed by atoms with E-state index in [-0.39, 0.29) is 5.57 Å². The van der Waals surface area contributed by atoms with Crippen molar-refractivity contribution in [2.45, 2.75) is 0 Å². The van der Waals surface area contributed by atoms with Crippen LogP contribution in [0.15, 0.2) is 126 Å². The molecule has 180 valence electrons. The van der Waals surface area contributed by atoms with Gasteiger partial charge in [0.25, 0.3) is 0 Å². The highest BCUT2D eigenvalue weighted by atomic mass is 31.2. The van der Waals surface area contributed by atoms with Crippen LogP contribution < -0.4 is 15.9 Å². The predicted molar refractivity (Wildman–Crippen MR) is 146 cm³/mol. The monoisotopic (exact) mass is 496 g/mol. The van der Waals surface area contributed by atoms with Crippen molar-refractivity contribution in [3.8, 4) is 0 Å². The maximum Gasteiger partial charge on any atom is 0.340 e. The Kier molecular flexibility index (Phi) is 7.89. The quantitative estimate of drug-likeness (QED) is 0.109. The third kappa shape index (κ3) is 5.35. The van der Waals surface area contributed by atoms with Crippen LogP contribution in [0.25, 0.3) is 6.08 Å². The summed E-state index contributed by atoms with van der Waals surface area (Å²) in [5.74, 6) is -0.739. The molecule has 0 saturated heterocycles. The SMILES string of the molecule is COC(=O)/C(=C/c1ccccc1N=P(c1ccccc1)(c1ccccc1)c1ccccc1)C[N+](=O)[O-]. The molecule has 0 amide bonds. The van der Waals surface area contributed by atoms with Gasteiger partial charge < -0.3 is 4.74 Å². The highest BCUT2D eigenvalue weighted by molar-refractivity contribution is 7.87. The number of nitro groups is 1. The molecule has 0 atom stereocenters. The minimum Gasteiger partial charge on any atom is -0.465 e. The molecule has 0 spiro atoms. The van der Waals surface area contributed by atoms with E-state index >= 15 is 0 Å². The minimum absolute atomic E-state index is 0.0479. The van der Waals surface area contributed by atoms with E-state index in [1.165, 1.54) is 13.2 Å². The summed E-state index contributed by atoms with van der Waals surface area (Å²) in [5.41, 5.74) is 1.19. The van der Waals surface area contributed by atoms with Gasteiger partial charge in [0.05, 0.1) is 19.9 Å². The summed E-state index contributed by atoms with van der Waals surface area (Å²) in [6.07, 6.45) is 1.50. The maximum absolute atomic E-state index is 12.3. The van der Waals surface area contributed by atoms with E-state index in [0.717, 1.165) is 15.9 Å². The summed E-state index contributed by atoms with van der Waals surface area (Å²) < 4.78 is 10.3. The van der Waals surface area contributed by atoms with E-state index in [2.05, 4.69) is 36.4 Å². The maximum atomic E-state index is 12.3. The highest BCUT2D eigenvalue weighted by Crippen LogP contribution is 2.49. The van der Waals surface area contributed by atoms with Crippen molar-refractivity contribution >= 4 is 40.7 Å².